The molecule has 0 saturated carbocycles. The third-order valence-electron chi connectivity index (χ3n) is 4.53. The van der Waals surface area contributed by atoms with Crippen LogP contribution in [0.4, 0.5) is 0 Å². The molecule has 0 saturated heterocycles. The van der Waals surface area contributed by atoms with Crippen LogP contribution in [-0.4, -0.2) is 25.2 Å². The molecule has 0 radical (unpaired) electrons. The molecular weight excluding hydrogens is 380 g/mol. The maximum atomic E-state index is 11.8. The Hall–Kier alpha value is -3.34. The number of para-hydroxylation sites is 1. The van der Waals surface area contributed by atoms with E-state index < -0.39 is 11.9 Å². The maximum absolute atomic E-state index is 11.8. The topological polar surface area (TPSA) is 61.8 Å². The van der Waals surface area contributed by atoms with Crippen LogP contribution in [0.3, 0.4) is 0 Å². The van der Waals surface area contributed by atoms with Gasteiger partial charge in [0.15, 0.2) is 0 Å². The van der Waals surface area contributed by atoms with Crippen LogP contribution >= 0.6 is 0 Å². The van der Waals surface area contributed by atoms with Gasteiger partial charge in [-0.15, -0.1) is 0 Å². The van der Waals surface area contributed by atoms with Crippen LogP contribution in [0, 0.1) is 0 Å². The molecule has 0 atom stereocenters. The quantitative estimate of drug-likeness (QED) is 0.245. The molecule has 3 aromatic carbocycles. The second kappa shape index (κ2) is 11.6. The van der Waals surface area contributed by atoms with Crippen molar-refractivity contribution < 1.29 is 23.8 Å². The number of hydrogen-bond donors (Lipinski definition) is 0. The van der Waals surface area contributed by atoms with Gasteiger partial charge in [0.2, 0.25) is 0 Å². The Labute approximate surface area is 176 Å². The van der Waals surface area contributed by atoms with E-state index in [1.165, 1.54) is 0 Å². The van der Waals surface area contributed by atoms with Crippen molar-refractivity contribution in [1.29, 1.82) is 0 Å². The summed E-state index contributed by atoms with van der Waals surface area (Å²) in [6.45, 7) is 0.913. The molecular formula is C25H26O5. The van der Waals surface area contributed by atoms with Crippen LogP contribution in [0.15, 0.2) is 72.8 Å². The lowest BCUT2D eigenvalue weighted by atomic mass is 10.1. The third-order valence-corrected chi connectivity index (χ3v) is 4.53. The molecule has 3 rings (SSSR count). The molecule has 0 heterocycles. The monoisotopic (exact) mass is 406 g/mol. The highest BCUT2D eigenvalue weighted by atomic mass is 16.6. The van der Waals surface area contributed by atoms with Crippen LogP contribution in [0.2, 0.25) is 0 Å². The Morgan fingerprint density at radius 1 is 0.600 bits per heavy atom. The highest BCUT2D eigenvalue weighted by Gasteiger charge is 2.10. The van der Waals surface area contributed by atoms with Crippen LogP contribution in [0.1, 0.15) is 32.1 Å². The standard InChI is InChI=1S/C25H26O5/c26-24(13-6-7-17-28-22-11-2-1-3-12-22)30-25(27)14-8-18-29-23-16-15-20-9-4-5-10-21(20)19-23/h1-5,9-12,15-16,19H,6-8,13-14,17-18H2. The smallest absolute Gasteiger partial charge is 0.313 e. The van der Waals surface area contributed by atoms with E-state index in [-0.39, 0.29) is 12.8 Å². The minimum Gasteiger partial charge on any atom is -0.494 e. The van der Waals surface area contributed by atoms with E-state index in [2.05, 4.69) is 0 Å². The van der Waals surface area contributed by atoms with Crippen molar-refractivity contribution in [2.45, 2.75) is 32.1 Å². The van der Waals surface area contributed by atoms with Gasteiger partial charge in [0.05, 0.1) is 13.2 Å². The van der Waals surface area contributed by atoms with Crippen LogP contribution in [0.25, 0.3) is 10.8 Å². The molecule has 0 aliphatic carbocycles. The molecule has 156 valence electrons. The van der Waals surface area contributed by atoms with Gasteiger partial charge in [0.1, 0.15) is 11.5 Å². The van der Waals surface area contributed by atoms with Gasteiger partial charge in [0, 0.05) is 12.8 Å². The van der Waals surface area contributed by atoms with Crippen molar-refractivity contribution in [2.75, 3.05) is 13.2 Å². The molecule has 0 unspecified atom stereocenters. The number of fused-ring (bicyclic) bond motifs is 1. The van der Waals surface area contributed by atoms with Crippen LogP contribution in [0.5, 0.6) is 11.5 Å². The first-order valence-electron chi connectivity index (χ1n) is 10.2. The Morgan fingerprint density at radius 2 is 1.23 bits per heavy atom. The molecule has 0 aliphatic rings. The summed E-state index contributed by atoms with van der Waals surface area (Å²) in [4.78, 5) is 23.5. The largest absolute Gasteiger partial charge is 0.494 e. The summed E-state index contributed by atoms with van der Waals surface area (Å²) in [7, 11) is 0. The molecule has 5 heteroatoms. The van der Waals surface area contributed by atoms with Crippen molar-refractivity contribution >= 4 is 22.7 Å². The molecule has 0 bridgehead atoms. The summed E-state index contributed by atoms with van der Waals surface area (Å²) in [6.07, 6.45) is 2.18. The van der Waals surface area contributed by atoms with Crippen molar-refractivity contribution in [3.05, 3.63) is 72.8 Å². The summed E-state index contributed by atoms with van der Waals surface area (Å²) >= 11 is 0. The van der Waals surface area contributed by atoms with Gasteiger partial charge in [-0.2, -0.15) is 0 Å². The minimum atomic E-state index is -0.511. The van der Waals surface area contributed by atoms with E-state index >= 15 is 0 Å². The van der Waals surface area contributed by atoms with Gasteiger partial charge < -0.3 is 14.2 Å². The van der Waals surface area contributed by atoms with Gasteiger partial charge in [-0.1, -0.05) is 48.5 Å². The molecule has 0 aliphatic heterocycles. The fraction of sp³-hybridized carbons (Fsp3) is 0.280. The first-order chi connectivity index (χ1) is 14.7. The molecule has 0 fully saturated rings. The van der Waals surface area contributed by atoms with E-state index in [0.29, 0.717) is 26.1 Å². The number of unbranched alkanes of at least 4 members (excludes halogenated alkanes) is 1. The zero-order valence-electron chi connectivity index (χ0n) is 16.9. The number of carbonyl (C=O) groups excluding carboxylic acids is 2. The summed E-state index contributed by atoms with van der Waals surface area (Å²) in [6, 6.07) is 23.4. The maximum Gasteiger partial charge on any atom is 0.313 e. The SMILES string of the molecule is O=C(CCCCOc1ccccc1)OC(=O)CCCOc1ccc2ccccc2c1. The lowest BCUT2D eigenvalue weighted by Crippen LogP contribution is -2.13. The number of rotatable bonds is 11. The number of ether oxygens (including phenoxy) is 3. The minimum absolute atomic E-state index is 0.149. The predicted octanol–water partition coefficient (Wildman–Crippen LogP) is 5.32. The van der Waals surface area contributed by atoms with Crippen LogP contribution < -0.4 is 9.47 Å². The molecule has 0 N–H and O–H groups in total. The van der Waals surface area contributed by atoms with Crippen molar-refractivity contribution in [1.82, 2.24) is 0 Å². The molecule has 0 amide bonds. The van der Waals surface area contributed by atoms with E-state index in [1.807, 2.05) is 72.8 Å². The van der Waals surface area contributed by atoms with Crippen molar-refractivity contribution in [2.24, 2.45) is 0 Å². The number of benzene rings is 3. The Bertz CT molecular complexity index is 952. The predicted molar refractivity (Wildman–Crippen MR) is 116 cm³/mol. The van der Waals surface area contributed by atoms with E-state index in [9.17, 15) is 9.59 Å². The van der Waals surface area contributed by atoms with Gasteiger partial charge in [-0.05, 0) is 54.3 Å². The van der Waals surface area contributed by atoms with Gasteiger partial charge in [0.25, 0.3) is 0 Å². The van der Waals surface area contributed by atoms with E-state index in [1.54, 1.807) is 0 Å². The Balaban J connectivity index is 1.24. The first-order valence-corrected chi connectivity index (χ1v) is 10.2. The Kier molecular flexibility index (Phi) is 8.27. The van der Waals surface area contributed by atoms with Crippen LogP contribution in [-0.2, 0) is 14.3 Å². The van der Waals surface area contributed by atoms with Crippen molar-refractivity contribution in [3.8, 4) is 11.5 Å². The van der Waals surface area contributed by atoms with Gasteiger partial charge in [-0.3, -0.25) is 9.59 Å². The van der Waals surface area contributed by atoms with Gasteiger partial charge >= 0.3 is 11.9 Å². The third kappa shape index (κ3) is 7.24. The molecule has 30 heavy (non-hydrogen) atoms. The second-order valence-corrected chi connectivity index (χ2v) is 6.93. The molecule has 5 nitrogen and oxygen atoms in total. The summed E-state index contributed by atoms with van der Waals surface area (Å²) < 4.78 is 16.1. The lowest BCUT2D eigenvalue weighted by molar-refractivity contribution is -0.159. The van der Waals surface area contributed by atoms with Gasteiger partial charge in [-0.25, -0.2) is 0 Å². The highest BCUT2D eigenvalue weighted by Crippen LogP contribution is 2.20. The average molecular weight is 406 g/mol. The van der Waals surface area contributed by atoms with Crippen molar-refractivity contribution in [3.63, 3.8) is 0 Å². The number of esters is 2. The highest BCUT2D eigenvalue weighted by molar-refractivity contribution is 5.85. The zero-order valence-corrected chi connectivity index (χ0v) is 16.9. The fourth-order valence-electron chi connectivity index (χ4n) is 2.97. The average Bonchev–Trinajstić information content (AvgIpc) is 2.77. The Morgan fingerprint density at radius 3 is 2.03 bits per heavy atom. The lowest BCUT2D eigenvalue weighted by Gasteiger charge is -2.07. The summed E-state index contributed by atoms with van der Waals surface area (Å²) in [5, 5.41) is 2.26. The summed E-state index contributed by atoms with van der Waals surface area (Å²) in [5.41, 5.74) is 0. The number of hydrogen-bond acceptors (Lipinski definition) is 5. The fourth-order valence-corrected chi connectivity index (χ4v) is 2.97. The van der Waals surface area contributed by atoms with E-state index in [0.717, 1.165) is 28.7 Å². The number of carbonyl (C=O) groups is 2. The van der Waals surface area contributed by atoms with E-state index in [4.69, 9.17) is 14.2 Å². The molecule has 3 aromatic rings. The molecule has 0 spiro atoms. The molecule has 0 aromatic heterocycles. The summed E-state index contributed by atoms with van der Waals surface area (Å²) in [5.74, 6) is 0.565. The first kappa shape index (κ1) is 21.4. The second-order valence-electron chi connectivity index (χ2n) is 6.93. The normalized spacial score (nSPS) is 10.5. The zero-order chi connectivity index (χ0) is 21.0.